The van der Waals surface area contributed by atoms with E-state index in [0.29, 0.717) is 29.5 Å². The smallest absolute Gasteiger partial charge is 0.311 e. The van der Waals surface area contributed by atoms with Crippen LogP contribution < -0.4 is 4.74 Å². The molecule has 1 amide bonds. The number of nitrogens with zero attached hydrogens (tertiary/aromatic N) is 1. The van der Waals surface area contributed by atoms with E-state index in [9.17, 15) is 14.4 Å². The van der Waals surface area contributed by atoms with Gasteiger partial charge in [0.25, 0.3) is 0 Å². The average Bonchev–Trinajstić information content (AvgIpc) is 3.09. The number of esters is 1. The average molecular weight is 416 g/mol. The molecule has 2 aromatic rings. The number of carbonyl (C=O) groups excluding carboxylic acids is 3. The molecule has 7 heteroatoms. The van der Waals surface area contributed by atoms with Crippen molar-refractivity contribution in [2.45, 2.75) is 19.9 Å². The third kappa shape index (κ3) is 5.35. The van der Waals surface area contributed by atoms with Gasteiger partial charge < -0.3 is 14.4 Å². The van der Waals surface area contributed by atoms with Crippen molar-refractivity contribution in [3.05, 3.63) is 64.7 Å². The second-order valence-electron chi connectivity index (χ2n) is 6.75. The highest BCUT2D eigenvalue weighted by atomic mass is 35.5. The fraction of sp³-hybridized carbons (Fsp3) is 0.318. The van der Waals surface area contributed by atoms with Crippen molar-refractivity contribution in [3.8, 4) is 5.75 Å². The second kappa shape index (κ2) is 9.56. The van der Waals surface area contributed by atoms with E-state index in [1.807, 2.05) is 25.1 Å². The quantitative estimate of drug-likeness (QED) is 0.487. The number of ketones is 1. The molecule has 29 heavy (non-hydrogen) atoms. The summed E-state index contributed by atoms with van der Waals surface area (Å²) in [5.41, 5.74) is 1.26. The standard InChI is InChI=1S/C22H22ClNO5/c1-2-28-18-9-7-15(8-10-18)20(25)14-29-22(27)17-11-21(26)24(13-17)12-16-5-3-4-6-19(16)23/h3-10,17H,2,11-14H2,1H3/t17-/m1/s1. The lowest BCUT2D eigenvalue weighted by molar-refractivity contribution is -0.147. The minimum atomic E-state index is -0.585. The molecule has 152 valence electrons. The number of benzene rings is 2. The highest BCUT2D eigenvalue weighted by molar-refractivity contribution is 6.31. The number of amides is 1. The fourth-order valence-electron chi connectivity index (χ4n) is 3.16. The Morgan fingerprint density at radius 1 is 1.14 bits per heavy atom. The van der Waals surface area contributed by atoms with Crippen LogP contribution in [0.15, 0.2) is 48.5 Å². The van der Waals surface area contributed by atoms with Gasteiger partial charge in [0.1, 0.15) is 5.75 Å². The molecular weight excluding hydrogens is 394 g/mol. The van der Waals surface area contributed by atoms with Gasteiger partial charge >= 0.3 is 5.97 Å². The Bertz CT molecular complexity index is 896. The maximum absolute atomic E-state index is 12.3. The Morgan fingerprint density at radius 3 is 2.55 bits per heavy atom. The highest BCUT2D eigenvalue weighted by Crippen LogP contribution is 2.24. The van der Waals surface area contributed by atoms with Crippen molar-refractivity contribution in [1.29, 1.82) is 0 Å². The normalized spacial score (nSPS) is 16.0. The molecule has 1 saturated heterocycles. The molecule has 1 aliphatic rings. The lowest BCUT2D eigenvalue weighted by Gasteiger charge is -2.17. The Labute approximate surface area is 174 Å². The Balaban J connectivity index is 1.51. The van der Waals surface area contributed by atoms with Crippen LogP contribution in [0.4, 0.5) is 0 Å². The number of carbonyl (C=O) groups is 3. The number of hydrogen-bond donors (Lipinski definition) is 0. The summed E-state index contributed by atoms with van der Waals surface area (Å²) in [6, 6.07) is 13.9. The largest absolute Gasteiger partial charge is 0.494 e. The van der Waals surface area contributed by atoms with Gasteiger partial charge in [0.15, 0.2) is 12.4 Å². The van der Waals surface area contributed by atoms with Crippen molar-refractivity contribution in [2.75, 3.05) is 19.8 Å². The van der Waals surface area contributed by atoms with E-state index in [-0.39, 0.29) is 31.3 Å². The summed E-state index contributed by atoms with van der Waals surface area (Å²) < 4.78 is 10.5. The van der Waals surface area contributed by atoms with Crippen molar-refractivity contribution in [1.82, 2.24) is 4.90 Å². The SMILES string of the molecule is CCOc1ccc(C(=O)COC(=O)[C@@H]2CC(=O)N(Cc3ccccc3Cl)C2)cc1. The molecule has 0 radical (unpaired) electrons. The maximum atomic E-state index is 12.3. The van der Waals surface area contributed by atoms with Crippen LogP contribution in [0, 0.1) is 5.92 Å². The summed E-state index contributed by atoms with van der Waals surface area (Å²) in [7, 11) is 0. The summed E-state index contributed by atoms with van der Waals surface area (Å²) >= 11 is 6.14. The van der Waals surface area contributed by atoms with Gasteiger partial charge in [-0.2, -0.15) is 0 Å². The Kier molecular flexibility index (Phi) is 6.88. The summed E-state index contributed by atoms with van der Waals surface area (Å²) in [5.74, 6) is -0.898. The number of likely N-dealkylation sites (tertiary alicyclic amines) is 1. The third-order valence-corrected chi connectivity index (χ3v) is 5.07. The second-order valence-corrected chi connectivity index (χ2v) is 7.16. The van der Waals surface area contributed by atoms with Crippen LogP contribution in [0.3, 0.4) is 0 Å². The van der Waals surface area contributed by atoms with E-state index in [0.717, 1.165) is 5.56 Å². The Hall–Kier alpha value is -2.86. The number of Topliss-reactive ketones (excluding diaryl/α,β-unsaturated/α-hetero) is 1. The minimum absolute atomic E-state index is 0.0700. The molecule has 0 bridgehead atoms. The summed E-state index contributed by atoms with van der Waals surface area (Å²) in [6.45, 7) is 2.65. The molecular formula is C22H22ClNO5. The third-order valence-electron chi connectivity index (χ3n) is 4.70. The lowest BCUT2D eigenvalue weighted by Crippen LogP contribution is -2.27. The van der Waals surface area contributed by atoms with Gasteiger partial charge in [0.2, 0.25) is 5.91 Å². The zero-order chi connectivity index (χ0) is 20.8. The molecule has 1 atom stereocenters. The van der Waals surface area contributed by atoms with Crippen molar-refractivity contribution in [3.63, 3.8) is 0 Å². The van der Waals surface area contributed by atoms with Crippen LogP contribution in [0.1, 0.15) is 29.3 Å². The number of ether oxygens (including phenoxy) is 2. The van der Waals surface area contributed by atoms with E-state index >= 15 is 0 Å². The van der Waals surface area contributed by atoms with E-state index in [1.165, 1.54) is 0 Å². The zero-order valence-corrected chi connectivity index (χ0v) is 16.9. The monoisotopic (exact) mass is 415 g/mol. The first kappa shape index (κ1) is 20.9. The molecule has 1 aliphatic heterocycles. The van der Waals surface area contributed by atoms with Gasteiger partial charge in [-0.3, -0.25) is 14.4 Å². The molecule has 3 rings (SSSR count). The summed E-state index contributed by atoms with van der Waals surface area (Å²) in [6.07, 6.45) is 0.0700. The molecule has 0 aliphatic carbocycles. The molecule has 0 spiro atoms. The lowest BCUT2D eigenvalue weighted by atomic mass is 10.1. The van der Waals surface area contributed by atoms with Crippen molar-refractivity contribution >= 4 is 29.3 Å². The summed E-state index contributed by atoms with van der Waals surface area (Å²) in [4.78, 5) is 38.4. The molecule has 2 aromatic carbocycles. The maximum Gasteiger partial charge on any atom is 0.311 e. The van der Waals surface area contributed by atoms with Gasteiger partial charge in [0, 0.05) is 30.1 Å². The van der Waals surface area contributed by atoms with E-state index < -0.39 is 11.9 Å². The first-order chi connectivity index (χ1) is 14.0. The number of hydrogen-bond acceptors (Lipinski definition) is 5. The summed E-state index contributed by atoms with van der Waals surface area (Å²) in [5, 5.41) is 0.576. The van der Waals surface area contributed by atoms with Crippen LogP contribution in [-0.4, -0.2) is 42.3 Å². The van der Waals surface area contributed by atoms with Gasteiger partial charge in [0.05, 0.1) is 12.5 Å². The van der Waals surface area contributed by atoms with Crippen LogP contribution in [0.25, 0.3) is 0 Å². The first-order valence-electron chi connectivity index (χ1n) is 9.41. The molecule has 1 fully saturated rings. The van der Waals surface area contributed by atoms with E-state index in [1.54, 1.807) is 35.2 Å². The molecule has 1 heterocycles. The van der Waals surface area contributed by atoms with Gasteiger partial charge in [-0.05, 0) is 42.8 Å². The molecule has 0 N–H and O–H groups in total. The van der Waals surface area contributed by atoms with E-state index in [4.69, 9.17) is 21.1 Å². The first-order valence-corrected chi connectivity index (χ1v) is 9.79. The topological polar surface area (TPSA) is 72.9 Å². The Morgan fingerprint density at radius 2 is 1.86 bits per heavy atom. The number of rotatable bonds is 8. The van der Waals surface area contributed by atoms with Crippen LogP contribution in [-0.2, 0) is 20.9 Å². The highest BCUT2D eigenvalue weighted by Gasteiger charge is 2.35. The van der Waals surface area contributed by atoms with Crippen molar-refractivity contribution in [2.24, 2.45) is 5.92 Å². The van der Waals surface area contributed by atoms with E-state index in [2.05, 4.69) is 0 Å². The fourth-order valence-corrected chi connectivity index (χ4v) is 3.35. The van der Waals surface area contributed by atoms with Gasteiger partial charge in [-0.15, -0.1) is 0 Å². The molecule has 0 unspecified atom stereocenters. The van der Waals surface area contributed by atoms with Gasteiger partial charge in [-0.1, -0.05) is 29.8 Å². The predicted molar refractivity (Wildman–Crippen MR) is 108 cm³/mol. The minimum Gasteiger partial charge on any atom is -0.494 e. The number of halogens is 1. The molecule has 6 nitrogen and oxygen atoms in total. The van der Waals surface area contributed by atoms with Crippen LogP contribution >= 0.6 is 11.6 Å². The zero-order valence-electron chi connectivity index (χ0n) is 16.1. The molecule has 0 saturated carbocycles. The van der Waals surface area contributed by atoms with Crippen LogP contribution in [0.2, 0.25) is 5.02 Å². The van der Waals surface area contributed by atoms with Gasteiger partial charge in [-0.25, -0.2) is 0 Å². The van der Waals surface area contributed by atoms with Crippen LogP contribution in [0.5, 0.6) is 5.75 Å². The molecule has 0 aromatic heterocycles. The van der Waals surface area contributed by atoms with Crippen molar-refractivity contribution < 1.29 is 23.9 Å². The predicted octanol–water partition coefficient (Wildman–Crippen LogP) is 3.51.